The Labute approximate surface area is 189 Å². The zero-order valence-corrected chi connectivity index (χ0v) is 19.5. The lowest BCUT2D eigenvalue weighted by Crippen LogP contribution is -2.40. The first-order valence-corrected chi connectivity index (χ1v) is 13.3. The number of amides is 1. The average Bonchev–Trinajstić information content (AvgIpc) is 2.90. The molecule has 1 N–H and O–H groups in total. The summed E-state index contributed by atoms with van der Waals surface area (Å²) >= 11 is 0. The Morgan fingerprint density at radius 2 is 1.78 bits per heavy atom. The quantitative estimate of drug-likeness (QED) is 0.663. The monoisotopic (exact) mass is 463 g/mol. The van der Waals surface area contributed by atoms with Crippen LogP contribution in [0.2, 0.25) is 0 Å². The summed E-state index contributed by atoms with van der Waals surface area (Å²) in [5, 5.41) is 3.19. The number of piperidine rings is 1. The molecule has 8 nitrogen and oxygen atoms in total. The van der Waals surface area contributed by atoms with Gasteiger partial charge in [0.2, 0.25) is 15.9 Å². The molecule has 9 heteroatoms. The number of hydrogen-bond donors (Lipinski definition) is 1. The van der Waals surface area contributed by atoms with E-state index in [2.05, 4.69) is 5.32 Å². The fraction of sp³-hybridized carbons (Fsp3) is 0.652. The van der Waals surface area contributed by atoms with Crippen LogP contribution >= 0.6 is 0 Å². The molecule has 176 valence electrons. The first-order chi connectivity index (χ1) is 15.4. The standard InChI is InChI=1S/C23H33N3O5S/c1-2-26-20-10-9-19(16-21(20)31-23(26)28)32(29,30)25-13-11-17(12-14-25)15-22(27)24-18-7-5-3-4-6-8-18/h9-10,16-18H,2-8,11-15H2,1H3,(H,24,27). The molecule has 1 aliphatic carbocycles. The highest BCUT2D eigenvalue weighted by molar-refractivity contribution is 7.89. The lowest BCUT2D eigenvalue weighted by atomic mass is 9.94. The number of rotatable bonds is 6. The number of sulfonamides is 1. The second-order valence-corrected chi connectivity index (χ2v) is 11.0. The molecular weight excluding hydrogens is 430 g/mol. The van der Waals surface area contributed by atoms with Crippen molar-refractivity contribution in [1.82, 2.24) is 14.2 Å². The van der Waals surface area contributed by atoms with E-state index >= 15 is 0 Å². The van der Waals surface area contributed by atoms with Crippen molar-refractivity contribution >= 4 is 27.0 Å². The highest BCUT2D eigenvalue weighted by atomic mass is 32.2. The molecule has 0 bridgehead atoms. The van der Waals surface area contributed by atoms with Gasteiger partial charge in [-0.2, -0.15) is 4.31 Å². The Morgan fingerprint density at radius 1 is 1.09 bits per heavy atom. The van der Waals surface area contributed by atoms with Crippen molar-refractivity contribution in [2.45, 2.75) is 82.2 Å². The van der Waals surface area contributed by atoms with Gasteiger partial charge >= 0.3 is 5.76 Å². The van der Waals surface area contributed by atoms with E-state index in [0.29, 0.717) is 50.5 Å². The Morgan fingerprint density at radius 3 is 2.44 bits per heavy atom. The van der Waals surface area contributed by atoms with Gasteiger partial charge in [0, 0.05) is 38.2 Å². The molecule has 2 aromatic rings. The first kappa shape index (κ1) is 23.0. The van der Waals surface area contributed by atoms with Crippen LogP contribution in [-0.2, 0) is 21.4 Å². The molecule has 0 atom stereocenters. The van der Waals surface area contributed by atoms with Crippen molar-refractivity contribution in [3.8, 4) is 0 Å². The minimum atomic E-state index is -3.68. The summed E-state index contributed by atoms with van der Waals surface area (Å²) in [4.78, 5) is 24.5. The van der Waals surface area contributed by atoms with E-state index in [1.165, 1.54) is 46.7 Å². The lowest BCUT2D eigenvalue weighted by Gasteiger charge is -2.31. The number of nitrogens with zero attached hydrogens (tertiary/aromatic N) is 2. The van der Waals surface area contributed by atoms with Crippen LogP contribution < -0.4 is 11.1 Å². The first-order valence-electron chi connectivity index (χ1n) is 11.8. The predicted octanol–water partition coefficient (Wildman–Crippen LogP) is 3.24. The summed E-state index contributed by atoms with van der Waals surface area (Å²) in [6, 6.07) is 4.89. The second kappa shape index (κ2) is 9.79. The van der Waals surface area contributed by atoms with Crippen LogP contribution in [0.25, 0.3) is 11.1 Å². The normalized spacial score (nSPS) is 19.8. The topological polar surface area (TPSA) is 102 Å². The maximum atomic E-state index is 13.1. The van der Waals surface area contributed by atoms with Crippen molar-refractivity contribution in [3.05, 3.63) is 28.7 Å². The van der Waals surface area contributed by atoms with Crippen LogP contribution in [0.3, 0.4) is 0 Å². The zero-order chi connectivity index (χ0) is 22.7. The minimum absolute atomic E-state index is 0.0964. The molecule has 1 saturated heterocycles. The van der Waals surface area contributed by atoms with Crippen molar-refractivity contribution in [1.29, 1.82) is 0 Å². The Bertz CT molecular complexity index is 1100. The van der Waals surface area contributed by atoms with Crippen LogP contribution in [0, 0.1) is 5.92 Å². The Kier molecular flexibility index (Phi) is 7.05. The number of nitrogens with one attached hydrogen (secondary N) is 1. The van der Waals surface area contributed by atoms with Gasteiger partial charge in [-0.15, -0.1) is 0 Å². The summed E-state index contributed by atoms with van der Waals surface area (Å²) in [7, 11) is -3.68. The number of carbonyl (C=O) groups is 1. The maximum Gasteiger partial charge on any atom is 0.419 e. The highest BCUT2D eigenvalue weighted by Gasteiger charge is 2.31. The zero-order valence-electron chi connectivity index (χ0n) is 18.7. The van der Waals surface area contributed by atoms with Crippen molar-refractivity contribution in [3.63, 3.8) is 0 Å². The third kappa shape index (κ3) is 4.93. The Balaban J connectivity index is 1.35. The molecule has 0 unspecified atom stereocenters. The maximum absolute atomic E-state index is 13.1. The van der Waals surface area contributed by atoms with Gasteiger partial charge in [-0.05, 0) is 50.7 Å². The van der Waals surface area contributed by atoms with Crippen LogP contribution in [0.1, 0.15) is 64.7 Å². The molecular formula is C23H33N3O5S. The Hall–Kier alpha value is -2.13. The van der Waals surface area contributed by atoms with Gasteiger partial charge in [-0.1, -0.05) is 25.7 Å². The molecule has 2 aliphatic rings. The van der Waals surface area contributed by atoms with Gasteiger partial charge in [0.15, 0.2) is 5.58 Å². The number of benzene rings is 1. The number of oxazole rings is 1. The van der Waals surface area contributed by atoms with E-state index in [9.17, 15) is 18.0 Å². The van der Waals surface area contributed by atoms with Crippen molar-refractivity contribution < 1.29 is 17.6 Å². The van der Waals surface area contributed by atoms with Gasteiger partial charge in [0.05, 0.1) is 10.4 Å². The number of aryl methyl sites for hydroxylation is 1. The fourth-order valence-corrected chi connectivity index (χ4v) is 6.47. The van der Waals surface area contributed by atoms with E-state index in [1.54, 1.807) is 6.07 Å². The summed E-state index contributed by atoms with van der Waals surface area (Å²) in [5.74, 6) is -0.189. The van der Waals surface area contributed by atoms with Crippen molar-refractivity contribution in [2.75, 3.05) is 13.1 Å². The summed E-state index contributed by atoms with van der Waals surface area (Å²) in [6.07, 6.45) is 8.79. The van der Waals surface area contributed by atoms with Gasteiger partial charge < -0.3 is 9.73 Å². The van der Waals surface area contributed by atoms with E-state index in [0.717, 1.165) is 12.8 Å². The minimum Gasteiger partial charge on any atom is -0.408 e. The molecule has 1 aliphatic heterocycles. The van der Waals surface area contributed by atoms with Gasteiger partial charge in [-0.3, -0.25) is 9.36 Å². The van der Waals surface area contributed by atoms with Gasteiger partial charge in [0.25, 0.3) is 0 Å². The molecule has 0 spiro atoms. The molecule has 4 rings (SSSR count). The molecule has 0 radical (unpaired) electrons. The second-order valence-electron chi connectivity index (χ2n) is 9.05. The lowest BCUT2D eigenvalue weighted by molar-refractivity contribution is -0.123. The highest BCUT2D eigenvalue weighted by Crippen LogP contribution is 2.27. The van der Waals surface area contributed by atoms with E-state index in [-0.39, 0.29) is 22.3 Å². The summed E-state index contributed by atoms with van der Waals surface area (Å²) in [5.41, 5.74) is 0.873. The number of fused-ring (bicyclic) bond motifs is 1. The van der Waals surface area contributed by atoms with Crippen LogP contribution in [0.5, 0.6) is 0 Å². The molecule has 1 aromatic carbocycles. The fourth-order valence-electron chi connectivity index (χ4n) is 4.98. The van der Waals surface area contributed by atoms with E-state index < -0.39 is 15.8 Å². The smallest absolute Gasteiger partial charge is 0.408 e. The van der Waals surface area contributed by atoms with Crippen LogP contribution in [-0.4, -0.2) is 42.3 Å². The predicted molar refractivity (Wildman–Crippen MR) is 122 cm³/mol. The number of carbonyl (C=O) groups excluding carboxylic acids is 1. The van der Waals surface area contributed by atoms with Gasteiger partial charge in [0.1, 0.15) is 0 Å². The van der Waals surface area contributed by atoms with Crippen LogP contribution in [0.15, 0.2) is 32.3 Å². The molecule has 32 heavy (non-hydrogen) atoms. The molecule has 1 saturated carbocycles. The molecule has 2 heterocycles. The SMILES string of the molecule is CCn1c(=O)oc2cc(S(=O)(=O)N3CCC(CC(=O)NC4CCCCCC4)CC3)ccc21. The summed E-state index contributed by atoms with van der Waals surface area (Å²) < 4.78 is 34.4. The number of aromatic nitrogens is 1. The van der Waals surface area contributed by atoms with Crippen LogP contribution in [0.4, 0.5) is 0 Å². The van der Waals surface area contributed by atoms with E-state index in [4.69, 9.17) is 4.42 Å². The average molecular weight is 464 g/mol. The number of hydrogen-bond acceptors (Lipinski definition) is 5. The van der Waals surface area contributed by atoms with Gasteiger partial charge in [-0.25, -0.2) is 13.2 Å². The van der Waals surface area contributed by atoms with E-state index in [1.807, 2.05) is 6.92 Å². The largest absolute Gasteiger partial charge is 0.419 e. The van der Waals surface area contributed by atoms with Crippen molar-refractivity contribution in [2.24, 2.45) is 5.92 Å². The molecule has 1 aromatic heterocycles. The molecule has 1 amide bonds. The molecule has 2 fully saturated rings. The third-order valence-corrected chi connectivity index (χ3v) is 8.76. The third-order valence-electron chi connectivity index (χ3n) is 6.86. The summed E-state index contributed by atoms with van der Waals surface area (Å²) in [6.45, 7) is 3.07.